The highest BCUT2D eigenvalue weighted by molar-refractivity contribution is 4.98. The summed E-state index contributed by atoms with van der Waals surface area (Å²) >= 11 is 0. The predicted octanol–water partition coefficient (Wildman–Crippen LogP) is 3.31. The van der Waals surface area contributed by atoms with E-state index in [1.807, 2.05) is 0 Å². The van der Waals surface area contributed by atoms with Gasteiger partial charge < -0.3 is 10.3 Å². The lowest BCUT2D eigenvalue weighted by Crippen LogP contribution is -2.10. The molecule has 17 heavy (non-hydrogen) atoms. The SMILES string of the molecule is CCC[C@@H](N)c1nc(C2CCCCCC2)no1. The van der Waals surface area contributed by atoms with E-state index in [0.717, 1.165) is 18.7 Å². The van der Waals surface area contributed by atoms with Crippen molar-refractivity contribution in [2.75, 3.05) is 0 Å². The maximum absolute atomic E-state index is 5.98. The van der Waals surface area contributed by atoms with Crippen molar-refractivity contribution in [1.29, 1.82) is 0 Å². The van der Waals surface area contributed by atoms with Crippen LogP contribution in [0.25, 0.3) is 0 Å². The zero-order chi connectivity index (χ0) is 12.1. The minimum atomic E-state index is -0.0907. The van der Waals surface area contributed by atoms with E-state index in [1.165, 1.54) is 38.5 Å². The molecule has 1 aliphatic rings. The van der Waals surface area contributed by atoms with Crippen molar-refractivity contribution in [1.82, 2.24) is 10.1 Å². The summed E-state index contributed by atoms with van der Waals surface area (Å²) in [5, 5.41) is 4.12. The molecule has 1 aromatic rings. The van der Waals surface area contributed by atoms with Crippen LogP contribution < -0.4 is 5.73 Å². The first-order chi connectivity index (χ1) is 8.31. The Hall–Kier alpha value is -0.900. The van der Waals surface area contributed by atoms with Crippen LogP contribution in [0.2, 0.25) is 0 Å². The van der Waals surface area contributed by atoms with Crippen LogP contribution in [0.3, 0.4) is 0 Å². The Balaban J connectivity index is 2.01. The molecule has 1 saturated carbocycles. The van der Waals surface area contributed by atoms with Crippen molar-refractivity contribution in [2.45, 2.75) is 70.3 Å². The second-order valence-corrected chi connectivity index (χ2v) is 5.07. The minimum Gasteiger partial charge on any atom is -0.338 e. The first-order valence-corrected chi connectivity index (χ1v) is 6.90. The molecule has 2 rings (SSSR count). The smallest absolute Gasteiger partial charge is 0.243 e. The van der Waals surface area contributed by atoms with Crippen LogP contribution in [0.1, 0.15) is 82.0 Å². The van der Waals surface area contributed by atoms with Gasteiger partial charge in [-0.2, -0.15) is 4.98 Å². The fourth-order valence-corrected chi connectivity index (χ4v) is 2.54. The summed E-state index contributed by atoms with van der Waals surface area (Å²) in [5.74, 6) is 1.99. The topological polar surface area (TPSA) is 64.9 Å². The quantitative estimate of drug-likeness (QED) is 0.816. The Kier molecular flexibility index (Phi) is 4.54. The standard InChI is InChI=1S/C13H23N3O/c1-2-7-11(14)13-15-12(16-17-13)10-8-5-3-4-6-9-10/h10-11H,2-9,14H2,1H3/t11-/m1/s1. The van der Waals surface area contributed by atoms with Gasteiger partial charge in [-0.1, -0.05) is 44.2 Å². The summed E-state index contributed by atoms with van der Waals surface area (Å²) in [6.45, 7) is 2.11. The fraction of sp³-hybridized carbons (Fsp3) is 0.846. The number of aromatic nitrogens is 2. The highest BCUT2D eigenvalue weighted by Gasteiger charge is 2.21. The number of hydrogen-bond donors (Lipinski definition) is 1. The highest BCUT2D eigenvalue weighted by atomic mass is 16.5. The molecule has 0 radical (unpaired) electrons. The van der Waals surface area contributed by atoms with Gasteiger partial charge in [-0.05, 0) is 19.3 Å². The van der Waals surface area contributed by atoms with Crippen LogP contribution in [0, 0.1) is 0 Å². The van der Waals surface area contributed by atoms with E-state index in [0.29, 0.717) is 11.8 Å². The average molecular weight is 237 g/mol. The van der Waals surface area contributed by atoms with Crippen molar-refractivity contribution in [3.8, 4) is 0 Å². The third-order valence-corrected chi connectivity index (χ3v) is 3.59. The second kappa shape index (κ2) is 6.15. The molecular formula is C13H23N3O. The monoisotopic (exact) mass is 237 g/mol. The lowest BCUT2D eigenvalue weighted by atomic mass is 10.00. The van der Waals surface area contributed by atoms with Crippen molar-refractivity contribution >= 4 is 0 Å². The number of rotatable bonds is 4. The van der Waals surface area contributed by atoms with E-state index in [-0.39, 0.29) is 6.04 Å². The lowest BCUT2D eigenvalue weighted by molar-refractivity contribution is 0.341. The van der Waals surface area contributed by atoms with Crippen LogP contribution in [0.5, 0.6) is 0 Å². The van der Waals surface area contributed by atoms with E-state index in [4.69, 9.17) is 10.3 Å². The molecule has 1 aromatic heterocycles. The molecule has 0 unspecified atom stereocenters. The Labute approximate surface area is 103 Å². The number of hydrogen-bond acceptors (Lipinski definition) is 4. The van der Waals surface area contributed by atoms with Gasteiger partial charge in [-0.15, -0.1) is 0 Å². The Morgan fingerprint density at radius 1 is 1.29 bits per heavy atom. The summed E-state index contributed by atoms with van der Waals surface area (Å²) in [7, 11) is 0. The molecule has 2 N–H and O–H groups in total. The molecule has 0 spiro atoms. The van der Waals surface area contributed by atoms with Crippen molar-refractivity contribution < 1.29 is 4.52 Å². The maximum Gasteiger partial charge on any atom is 0.243 e. The molecule has 0 aliphatic heterocycles. The summed E-state index contributed by atoms with van der Waals surface area (Å²) in [4.78, 5) is 4.49. The molecule has 0 bridgehead atoms. The minimum absolute atomic E-state index is 0.0907. The van der Waals surface area contributed by atoms with Crippen LogP contribution >= 0.6 is 0 Å². The van der Waals surface area contributed by atoms with E-state index in [2.05, 4.69) is 17.1 Å². The van der Waals surface area contributed by atoms with E-state index >= 15 is 0 Å². The van der Waals surface area contributed by atoms with Gasteiger partial charge in [0, 0.05) is 5.92 Å². The largest absolute Gasteiger partial charge is 0.338 e. The number of nitrogens with zero attached hydrogens (tertiary/aromatic N) is 2. The van der Waals surface area contributed by atoms with E-state index < -0.39 is 0 Å². The van der Waals surface area contributed by atoms with Gasteiger partial charge in [0.2, 0.25) is 5.89 Å². The third kappa shape index (κ3) is 3.28. The zero-order valence-electron chi connectivity index (χ0n) is 10.7. The molecule has 0 saturated heterocycles. The van der Waals surface area contributed by atoms with Crippen LogP contribution in [-0.2, 0) is 0 Å². The molecule has 4 heteroatoms. The van der Waals surface area contributed by atoms with Gasteiger partial charge in [0.05, 0.1) is 6.04 Å². The molecule has 1 atom stereocenters. The fourth-order valence-electron chi connectivity index (χ4n) is 2.54. The molecule has 1 fully saturated rings. The first kappa shape index (κ1) is 12.6. The summed E-state index contributed by atoms with van der Waals surface area (Å²) < 4.78 is 5.29. The average Bonchev–Trinajstić information content (AvgIpc) is 2.66. The molecule has 1 aliphatic carbocycles. The van der Waals surface area contributed by atoms with Gasteiger partial charge in [-0.3, -0.25) is 0 Å². The third-order valence-electron chi connectivity index (χ3n) is 3.59. The molecule has 4 nitrogen and oxygen atoms in total. The molecule has 0 aromatic carbocycles. The first-order valence-electron chi connectivity index (χ1n) is 6.90. The van der Waals surface area contributed by atoms with E-state index in [1.54, 1.807) is 0 Å². The highest BCUT2D eigenvalue weighted by Crippen LogP contribution is 2.30. The Morgan fingerprint density at radius 2 is 2.00 bits per heavy atom. The summed E-state index contributed by atoms with van der Waals surface area (Å²) in [5.41, 5.74) is 5.98. The van der Waals surface area contributed by atoms with Gasteiger partial charge >= 0.3 is 0 Å². The van der Waals surface area contributed by atoms with Crippen LogP contribution in [0.15, 0.2) is 4.52 Å². The molecule has 96 valence electrons. The maximum atomic E-state index is 5.98. The Morgan fingerprint density at radius 3 is 2.65 bits per heavy atom. The van der Waals surface area contributed by atoms with E-state index in [9.17, 15) is 0 Å². The predicted molar refractivity (Wildman–Crippen MR) is 66.6 cm³/mol. The summed E-state index contributed by atoms with van der Waals surface area (Å²) in [6, 6.07) is -0.0907. The summed E-state index contributed by atoms with van der Waals surface area (Å²) in [6.07, 6.45) is 9.61. The second-order valence-electron chi connectivity index (χ2n) is 5.07. The molecule has 1 heterocycles. The van der Waals surface area contributed by atoms with Gasteiger partial charge in [0.1, 0.15) is 0 Å². The number of nitrogens with two attached hydrogens (primary N) is 1. The van der Waals surface area contributed by atoms with Gasteiger partial charge in [0.15, 0.2) is 5.82 Å². The van der Waals surface area contributed by atoms with Crippen LogP contribution in [0.4, 0.5) is 0 Å². The van der Waals surface area contributed by atoms with Crippen molar-refractivity contribution in [2.24, 2.45) is 5.73 Å². The Bertz CT molecular complexity index is 329. The van der Waals surface area contributed by atoms with Crippen molar-refractivity contribution in [3.63, 3.8) is 0 Å². The van der Waals surface area contributed by atoms with Gasteiger partial charge in [-0.25, -0.2) is 0 Å². The lowest BCUT2D eigenvalue weighted by Gasteiger charge is -2.07. The molecule has 0 amide bonds. The zero-order valence-corrected chi connectivity index (χ0v) is 10.7. The van der Waals surface area contributed by atoms with Crippen LogP contribution in [-0.4, -0.2) is 10.1 Å². The van der Waals surface area contributed by atoms with Gasteiger partial charge in [0.25, 0.3) is 0 Å². The normalized spacial score (nSPS) is 20.1. The van der Waals surface area contributed by atoms with Crippen molar-refractivity contribution in [3.05, 3.63) is 11.7 Å². The molecular weight excluding hydrogens is 214 g/mol.